The zero-order valence-electron chi connectivity index (χ0n) is 16.9. The normalized spacial score (nSPS) is 31.7. The SMILES string of the molecule is CC(C)COC(=O)C[N+](C)(C)CCO[C@@H]1C[C@@H]2CC[C@]1(C)C2(C)C. The molecule has 0 radical (unpaired) electrons. The van der Waals surface area contributed by atoms with Gasteiger partial charge in [-0.25, -0.2) is 4.79 Å². The van der Waals surface area contributed by atoms with Crippen LogP contribution in [0.15, 0.2) is 0 Å². The lowest BCUT2D eigenvalue weighted by molar-refractivity contribution is -0.883. The highest BCUT2D eigenvalue weighted by Crippen LogP contribution is 2.66. The molecule has 0 aromatic heterocycles. The van der Waals surface area contributed by atoms with Gasteiger partial charge in [-0.1, -0.05) is 34.6 Å². The molecule has 0 saturated heterocycles. The second kappa shape index (κ2) is 6.95. The van der Waals surface area contributed by atoms with Gasteiger partial charge in [0.15, 0.2) is 6.54 Å². The van der Waals surface area contributed by atoms with Crippen molar-refractivity contribution in [2.24, 2.45) is 22.7 Å². The van der Waals surface area contributed by atoms with Gasteiger partial charge in [0.05, 0.1) is 33.4 Å². The maximum Gasteiger partial charge on any atom is 0.361 e. The molecule has 24 heavy (non-hydrogen) atoms. The van der Waals surface area contributed by atoms with Crippen LogP contribution in [0.25, 0.3) is 0 Å². The summed E-state index contributed by atoms with van der Waals surface area (Å²) in [7, 11) is 4.15. The van der Waals surface area contributed by atoms with Crippen LogP contribution in [-0.2, 0) is 14.3 Å². The molecule has 140 valence electrons. The van der Waals surface area contributed by atoms with Gasteiger partial charge in [-0.3, -0.25) is 0 Å². The Balaban J connectivity index is 1.76. The molecular weight excluding hydrogens is 302 g/mol. The van der Waals surface area contributed by atoms with Gasteiger partial charge in [0.1, 0.15) is 6.54 Å². The molecule has 0 unspecified atom stereocenters. The largest absolute Gasteiger partial charge is 0.461 e. The maximum atomic E-state index is 11.9. The minimum Gasteiger partial charge on any atom is -0.461 e. The molecule has 0 heterocycles. The van der Waals surface area contributed by atoms with E-state index in [0.29, 0.717) is 47.1 Å². The molecule has 2 bridgehead atoms. The van der Waals surface area contributed by atoms with E-state index in [9.17, 15) is 4.79 Å². The summed E-state index contributed by atoms with van der Waals surface area (Å²) in [5, 5.41) is 0. The topological polar surface area (TPSA) is 35.5 Å². The summed E-state index contributed by atoms with van der Waals surface area (Å²) in [5.74, 6) is 1.08. The van der Waals surface area contributed by atoms with E-state index in [-0.39, 0.29) is 5.97 Å². The van der Waals surface area contributed by atoms with Crippen molar-refractivity contribution in [1.29, 1.82) is 0 Å². The van der Waals surface area contributed by atoms with Gasteiger partial charge in [0, 0.05) is 0 Å². The molecule has 0 spiro atoms. The Morgan fingerprint density at radius 3 is 2.42 bits per heavy atom. The first kappa shape index (κ1) is 19.7. The standard InChI is InChI=1S/C20H38NO3/c1-15(2)14-24-18(22)13-21(6,7)10-11-23-17-12-16-8-9-20(17,5)19(16,3)4/h15-17H,8-14H2,1-7H3/q+1/t16-,17+,20-/m0/s1. The molecule has 2 saturated carbocycles. The van der Waals surface area contributed by atoms with Crippen molar-refractivity contribution in [2.75, 3.05) is 40.4 Å². The number of ether oxygens (including phenoxy) is 2. The fourth-order valence-corrected chi connectivity index (χ4v) is 4.56. The first-order valence-corrected chi connectivity index (χ1v) is 9.57. The van der Waals surface area contributed by atoms with Crippen LogP contribution in [0, 0.1) is 22.7 Å². The van der Waals surface area contributed by atoms with E-state index in [1.807, 2.05) is 0 Å². The molecule has 0 aromatic carbocycles. The van der Waals surface area contributed by atoms with Gasteiger partial charge in [-0.15, -0.1) is 0 Å². The number of carbonyl (C=O) groups is 1. The number of carbonyl (C=O) groups excluding carboxylic acids is 1. The van der Waals surface area contributed by atoms with E-state index < -0.39 is 0 Å². The minimum absolute atomic E-state index is 0.110. The molecule has 0 N–H and O–H groups in total. The summed E-state index contributed by atoms with van der Waals surface area (Å²) >= 11 is 0. The van der Waals surface area contributed by atoms with E-state index in [4.69, 9.17) is 9.47 Å². The number of nitrogens with zero attached hydrogens (tertiary/aromatic N) is 1. The molecule has 2 rings (SSSR count). The summed E-state index contributed by atoms with van der Waals surface area (Å²) in [5.41, 5.74) is 0.702. The number of likely N-dealkylation sites (N-methyl/N-ethyl adjacent to an activating group) is 1. The monoisotopic (exact) mass is 340 g/mol. The van der Waals surface area contributed by atoms with E-state index in [0.717, 1.165) is 12.5 Å². The molecule has 0 aliphatic heterocycles. The molecule has 2 fully saturated rings. The predicted octanol–water partition coefficient (Wildman–Crippen LogP) is 3.49. The number of hydrogen-bond donors (Lipinski definition) is 0. The van der Waals surface area contributed by atoms with Gasteiger partial charge in [-0.05, 0) is 41.9 Å². The smallest absolute Gasteiger partial charge is 0.361 e. The zero-order valence-corrected chi connectivity index (χ0v) is 16.9. The third kappa shape index (κ3) is 3.96. The third-order valence-electron chi connectivity index (χ3n) is 6.86. The lowest BCUT2D eigenvalue weighted by Crippen LogP contribution is -2.47. The van der Waals surface area contributed by atoms with Gasteiger partial charge in [-0.2, -0.15) is 0 Å². The fraction of sp³-hybridized carbons (Fsp3) is 0.950. The van der Waals surface area contributed by atoms with Gasteiger partial charge < -0.3 is 14.0 Å². The molecular formula is C20H38NO3+. The second-order valence-corrected chi connectivity index (χ2v) is 9.86. The Morgan fingerprint density at radius 1 is 1.25 bits per heavy atom. The van der Waals surface area contributed by atoms with Crippen LogP contribution in [0.5, 0.6) is 0 Å². The van der Waals surface area contributed by atoms with Crippen LogP contribution in [-0.4, -0.2) is 57.0 Å². The van der Waals surface area contributed by atoms with E-state index in [1.54, 1.807) is 0 Å². The first-order valence-electron chi connectivity index (χ1n) is 9.57. The summed E-state index contributed by atoms with van der Waals surface area (Å²) in [6, 6.07) is 0. The van der Waals surface area contributed by atoms with Crippen molar-refractivity contribution in [3.05, 3.63) is 0 Å². The Bertz CT molecular complexity index is 458. The van der Waals surface area contributed by atoms with Crippen molar-refractivity contribution >= 4 is 5.97 Å². The number of hydrogen-bond acceptors (Lipinski definition) is 3. The van der Waals surface area contributed by atoms with Gasteiger partial charge >= 0.3 is 5.97 Å². The van der Waals surface area contributed by atoms with Crippen molar-refractivity contribution in [2.45, 2.75) is 60.0 Å². The number of fused-ring (bicyclic) bond motifs is 2. The van der Waals surface area contributed by atoms with Gasteiger partial charge in [0.2, 0.25) is 0 Å². The van der Waals surface area contributed by atoms with E-state index in [2.05, 4.69) is 48.7 Å². The lowest BCUT2D eigenvalue weighted by Gasteiger charge is -2.39. The summed E-state index contributed by atoms with van der Waals surface area (Å²) in [6.07, 6.45) is 4.22. The molecule has 4 heteroatoms. The Morgan fingerprint density at radius 2 is 1.92 bits per heavy atom. The summed E-state index contributed by atoms with van der Waals surface area (Å²) < 4.78 is 12.2. The van der Waals surface area contributed by atoms with Crippen LogP contribution >= 0.6 is 0 Å². The predicted molar refractivity (Wildman–Crippen MR) is 96.6 cm³/mol. The quantitative estimate of drug-likeness (QED) is 0.501. The molecule has 4 nitrogen and oxygen atoms in total. The molecule has 3 atom stereocenters. The molecule has 2 aliphatic carbocycles. The highest BCUT2D eigenvalue weighted by atomic mass is 16.5. The second-order valence-electron chi connectivity index (χ2n) is 9.86. The molecule has 2 aliphatic rings. The van der Waals surface area contributed by atoms with Crippen molar-refractivity contribution in [3.8, 4) is 0 Å². The minimum atomic E-state index is -0.110. The van der Waals surface area contributed by atoms with Crippen LogP contribution < -0.4 is 0 Å². The Kier molecular flexibility index (Phi) is 5.71. The highest BCUT2D eigenvalue weighted by Gasteiger charge is 2.61. The fourth-order valence-electron chi connectivity index (χ4n) is 4.56. The van der Waals surface area contributed by atoms with Crippen molar-refractivity contribution < 1.29 is 18.8 Å². The average molecular weight is 341 g/mol. The maximum absolute atomic E-state index is 11.9. The summed E-state index contributed by atoms with van der Waals surface area (Å²) in [6.45, 7) is 13.8. The van der Waals surface area contributed by atoms with E-state index in [1.165, 1.54) is 19.3 Å². The van der Waals surface area contributed by atoms with Crippen molar-refractivity contribution in [3.63, 3.8) is 0 Å². The van der Waals surface area contributed by atoms with Crippen LogP contribution in [0.1, 0.15) is 53.9 Å². The molecule has 0 amide bonds. The summed E-state index contributed by atoms with van der Waals surface area (Å²) in [4.78, 5) is 11.9. The van der Waals surface area contributed by atoms with Gasteiger partial charge in [0.25, 0.3) is 0 Å². The lowest BCUT2D eigenvalue weighted by atomic mass is 9.70. The number of rotatable bonds is 8. The van der Waals surface area contributed by atoms with Crippen molar-refractivity contribution in [1.82, 2.24) is 0 Å². The molecule has 0 aromatic rings. The average Bonchev–Trinajstić information content (AvgIpc) is 2.77. The first-order chi connectivity index (χ1) is 11.0. The highest BCUT2D eigenvalue weighted by molar-refractivity contribution is 5.70. The Labute approximate surface area is 148 Å². The Hall–Kier alpha value is -0.610. The van der Waals surface area contributed by atoms with Crippen LogP contribution in [0.2, 0.25) is 0 Å². The van der Waals surface area contributed by atoms with Crippen LogP contribution in [0.3, 0.4) is 0 Å². The van der Waals surface area contributed by atoms with Crippen LogP contribution in [0.4, 0.5) is 0 Å². The number of quaternary nitrogens is 1. The third-order valence-corrected chi connectivity index (χ3v) is 6.86. The zero-order chi connectivity index (χ0) is 18.2. The van der Waals surface area contributed by atoms with E-state index >= 15 is 0 Å². The number of esters is 1.